The summed E-state index contributed by atoms with van der Waals surface area (Å²) in [6.45, 7) is 5.03. The minimum absolute atomic E-state index is 0.257. The van der Waals surface area contributed by atoms with E-state index in [0.717, 1.165) is 48.9 Å². The number of ether oxygens (including phenoxy) is 2. The number of aromatic nitrogens is 2. The van der Waals surface area contributed by atoms with E-state index in [9.17, 15) is 4.79 Å². The first-order valence-electron chi connectivity index (χ1n) is 11.2. The van der Waals surface area contributed by atoms with Crippen molar-refractivity contribution in [2.45, 2.75) is 6.54 Å². The number of thiazole rings is 1. The monoisotopic (exact) mass is 477 g/mol. The molecule has 1 fully saturated rings. The van der Waals surface area contributed by atoms with Gasteiger partial charge in [-0.2, -0.15) is 0 Å². The molecule has 0 bridgehead atoms. The molecular formula is C25H27N5O3S. The molecule has 2 aromatic carbocycles. The summed E-state index contributed by atoms with van der Waals surface area (Å²) in [6.07, 6.45) is 2.06. The number of rotatable bonds is 7. The Hall–Kier alpha value is -3.40. The van der Waals surface area contributed by atoms with E-state index in [0.29, 0.717) is 22.7 Å². The van der Waals surface area contributed by atoms with E-state index >= 15 is 0 Å². The molecule has 1 aliphatic heterocycles. The predicted octanol–water partition coefficient (Wildman–Crippen LogP) is 3.74. The van der Waals surface area contributed by atoms with Gasteiger partial charge in [-0.3, -0.25) is 14.1 Å². The number of nitrogens with zero attached hydrogens (tertiary/aromatic N) is 3. The summed E-state index contributed by atoms with van der Waals surface area (Å²) in [5, 5.41) is 8.61. The second-order valence-electron chi connectivity index (χ2n) is 8.10. The van der Waals surface area contributed by atoms with Crippen molar-refractivity contribution >= 4 is 27.9 Å². The lowest BCUT2D eigenvalue weighted by Crippen LogP contribution is -2.43. The van der Waals surface area contributed by atoms with Gasteiger partial charge in [-0.25, -0.2) is 4.98 Å². The molecule has 0 saturated carbocycles. The van der Waals surface area contributed by atoms with Gasteiger partial charge < -0.3 is 20.1 Å². The van der Waals surface area contributed by atoms with Crippen LogP contribution in [-0.2, 0) is 6.54 Å². The van der Waals surface area contributed by atoms with Crippen molar-refractivity contribution in [1.29, 1.82) is 0 Å². The Bertz CT molecular complexity index is 1310. The summed E-state index contributed by atoms with van der Waals surface area (Å²) in [5.41, 5.74) is 4.05. The van der Waals surface area contributed by atoms with Gasteiger partial charge in [-0.05, 0) is 18.2 Å². The average Bonchev–Trinajstić information content (AvgIpc) is 3.46. The molecule has 1 amide bonds. The molecule has 1 saturated heterocycles. The number of anilines is 1. The van der Waals surface area contributed by atoms with Gasteiger partial charge in [0, 0.05) is 61.6 Å². The highest BCUT2D eigenvalue weighted by Crippen LogP contribution is 2.31. The van der Waals surface area contributed by atoms with Crippen LogP contribution in [0.15, 0.2) is 54.0 Å². The van der Waals surface area contributed by atoms with Gasteiger partial charge in [0.05, 0.1) is 31.2 Å². The molecule has 2 aromatic heterocycles. The topological polar surface area (TPSA) is 80.1 Å². The van der Waals surface area contributed by atoms with Gasteiger partial charge in [-0.15, -0.1) is 11.3 Å². The summed E-state index contributed by atoms with van der Waals surface area (Å²) < 4.78 is 12.8. The molecule has 2 N–H and O–H groups in total. The number of carbonyl (C=O) groups excluding carboxylic acids is 1. The van der Waals surface area contributed by atoms with Crippen LogP contribution in [0.4, 0.5) is 5.69 Å². The zero-order chi connectivity index (χ0) is 23.5. The summed E-state index contributed by atoms with van der Waals surface area (Å²) in [5.74, 6) is 0.824. The lowest BCUT2D eigenvalue weighted by molar-refractivity contribution is 0.102. The standard InChI is InChI=1S/C25H27N5O3S/c1-32-18-7-8-20(23(13-18)33-2)24(31)27-21-6-4-3-5-19(21)22-15-30-17(16-34-25(30)28-22)14-29-11-9-26-10-12-29/h3-8,13,15-16,26H,9-12,14H2,1-2H3,(H,27,31). The molecule has 0 radical (unpaired) electrons. The number of fused-ring (bicyclic) bond motifs is 1. The van der Waals surface area contributed by atoms with Crippen LogP contribution in [0.1, 0.15) is 16.1 Å². The van der Waals surface area contributed by atoms with Gasteiger partial charge in [0.25, 0.3) is 5.91 Å². The highest BCUT2D eigenvalue weighted by atomic mass is 32.1. The van der Waals surface area contributed by atoms with Gasteiger partial charge in [0.2, 0.25) is 0 Å². The fourth-order valence-corrected chi connectivity index (χ4v) is 5.03. The lowest BCUT2D eigenvalue weighted by Gasteiger charge is -2.26. The molecule has 1 aliphatic rings. The van der Waals surface area contributed by atoms with Crippen molar-refractivity contribution in [1.82, 2.24) is 19.6 Å². The molecule has 0 atom stereocenters. The zero-order valence-electron chi connectivity index (χ0n) is 19.2. The average molecular weight is 478 g/mol. The molecule has 176 valence electrons. The van der Waals surface area contributed by atoms with Crippen LogP contribution in [0.2, 0.25) is 0 Å². The first-order valence-corrected chi connectivity index (χ1v) is 12.1. The fourth-order valence-electron chi connectivity index (χ4n) is 4.16. The van der Waals surface area contributed by atoms with Gasteiger partial charge in [0.1, 0.15) is 11.5 Å². The molecule has 9 heteroatoms. The van der Waals surface area contributed by atoms with Crippen molar-refractivity contribution in [2.24, 2.45) is 0 Å². The van der Waals surface area contributed by atoms with Crippen LogP contribution < -0.4 is 20.1 Å². The number of para-hydroxylation sites is 1. The summed E-state index contributed by atoms with van der Waals surface area (Å²) in [4.78, 5) is 21.4. The van der Waals surface area contributed by atoms with Crippen LogP contribution >= 0.6 is 11.3 Å². The van der Waals surface area contributed by atoms with E-state index in [1.807, 2.05) is 24.3 Å². The third-order valence-corrected chi connectivity index (χ3v) is 6.87. The summed E-state index contributed by atoms with van der Waals surface area (Å²) in [6, 6.07) is 12.9. The Morgan fingerprint density at radius 3 is 2.76 bits per heavy atom. The molecule has 0 spiro atoms. The normalized spacial score (nSPS) is 14.3. The maximum atomic E-state index is 13.1. The van der Waals surface area contributed by atoms with E-state index in [1.54, 1.807) is 36.6 Å². The van der Waals surface area contributed by atoms with Crippen LogP contribution in [0.3, 0.4) is 0 Å². The van der Waals surface area contributed by atoms with Crippen molar-refractivity contribution < 1.29 is 14.3 Å². The second kappa shape index (κ2) is 9.84. The van der Waals surface area contributed by atoms with E-state index < -0.39 is 0 Å². The smallest absolute Gasteiger partial charge is 0.259 e. The number of nitrogens with one attached hydrogen (secondary N) is 2. The minimum Gasteiger partial charge on any atom is -0.497 e. The number of piperazine rings is 1. The lowest BCUT2D eigenvalue weighted by atomic mass is 10.1. The van der Waals surface area contributed by atoms with E-state index in [4.69, 9.17) is 14.5 Å². The van der Waals surface area contributed by atoms with Crippen molar-refractivity contribution in [2.75, 3.05) is 45.7 Å². The first kappa shape index (κ1) is 22.4. The van der Waals surface area contributed by atoms with E-state index in [-0.39, 0.29) is 5.91 Å². The zero-order valence-corrected chi connectivity index (χ0v) is 20.0. The second-order valence-corrected chi connectivity index (χ2v) is 8.93. The fraction of sp³-hybridized carbons (Fsp3) is 0.280. The first-order chi connectivity index (χ1) is 16.7. The predicted molar refractivity (Wildman–Crippen MR) is 134 cm³/mol. The van der Waals surface area contributed by atoms with Crippen LogP contribution in [-0.4, -0.2) is 60.6 Å². The number of benzene rings is 2. The van der Waals surface area contributed by atoms with Crippen molar-refractivity contribution in [3.63, 3.8) is 0 Å². The molecule has 4 aromatic rings. The minimum atomic E-state index is -0.257. The Kier molecular flexibility index (Phi) is 6.48. The van der Waals surface area contributed by atoms with Crippen LogP contribution in [0, 0.1) is 0 Å². The van der Waals surface area contributed by atoms with Crippen molar-refractivity contribution in [3.8, 4) is 22.8 Å². The maximum Gasteiger partial charge on any atom is 0.259 e. The highest BCUT2D eigenvalue weighted by Gasteiger charge is 2.18. The van der Waals surface area contributed by atoms with Crippen LogP contribution in [0.25, 0.3) is 16.2 Å². The molecular weight excluding hydrogens is 450 g/mol. The molecule has 0 aliphatic carbocycles. The maximum absolute atomic E-state index is 13.1. The molecule has 3 heterocycles. The summed E-state index contributed by atoms with van der Waals surface area (Å²) in [7, 11) is 3.12. The molecule has 0 unspecified atom stereocenters. The molecule has 5 rings (SSSR count). The van der Waals surface area contributed by atoms with E-state index in [2.05, 4.69) is 31.5 Å². The van der Waals surface area contributed by atoms with E-state index in [1.165, 1.54) is 12.8 Å². The van der Waals surface area contributed by atoms with Gasteiger partial charge in [0.15, 0.2) is 4.96 Å². The number of imidazole rings is 1. The Morgan fingerprint density at radius 1 is 1.15 bits per heavy atom. The largest absolute Gasteiger partial charge is 0.497 e. The van der Waals surface area contributed by atoms with Crippen LogP contribution in [0.5, 0.6) is 11.5 Å². The number of hydrogen-bond donors (Lipinski definition) is 2. The number of carbonyl (C=O) groups is 1. The molecule has 8 nitrogen and oxygen atoms in total. The highest BCUT2D eigenvalue weighted by molar-refractivity contribution is 7.15. The third kappa shape index (κ3) is 4.50. The Balaban J connectivity index is 1.41. The SMILES string of the molecule is COc1ccc(C(=O)Nc2ccccc2-c2cn3c(CN4CCNCC4)csc3n2)c(OC)c1. The van der Waals surface area contributed by atoms with Gasteiger partial charge in [-0.1, -0.05) is 18.2 Å². The summed E-state index contributed by atoms with van der Waals surface area (Å²) >= 11 is 1.64. The molecule has 34 heavy (non-hydrogen) atoms. The van der Waals surface area contributed by atoms with Gasteiger partial charge >= 0.3 is 0 Å². The quantitative estimate of drug-likeness (QED) is 0.422. The number of hydrogen-bond acceptors (Lipinski definition) is 7. The Labute approximate surface area is 202 Å². The third-order valence-electron chi connectivity index (χ3n) is 5.98. The van der Waals surface area contributed by atoms with Crippen molar-refractivity contribution in [3.05, 3.63) is 65.3 Å². The number of methoxy groups -OCH3 is 2. The Morgan fingerprint density at radius 2 is 1.97 bits per heavy atom. The number of amides is 1.